The van der Waals surface area contributed by atoms with E-state index in [-0.39, 0.29) is 6.10 Å². The van der Waals surface area contributed by atoms with Gasteiger partial charge in [-0.1, -0.05) is 26.7 Å². The number of hydrogen-bond acceptors (Lipinski definition) is 3. The van der Waals surface area contributed by atoms with Crippen LogP contribution >= 0.6 is 0 Å². The molecule has 2 rings (SSSR count). The zero-order valence-electron chi connectivity index (χ0n) is 12.9. The largest absolute Gasteiger partial charge is 0.393 e. The van der Waals surface area contributed by atoms with Crippen molar-refractivity contribution in [3.05, 3.63) is 0 Å². The molecule has 1 aliphatic heterocycles. The summed E-state index contributed by atoms with van der Waals surface area (Å²) < 4.78 is 0. The third-order valence-corrected chi connectivity index (χ3v) is 5.29. The minimum absolute atomic E-state index is 0.0344. The molecule has 0 aromatic rings. The third kappa shape index (κ3) is 3.93. The van der Waals surface area contributed by atoms with Crippen molar-refractivity contribution < 1.29 is 5.11 Å². The van der Waals surface area contributed by atoms with Crippen molar-refractivity contribution in [3.8, 4) is 0 Å². The van der Waals surface area contributed by atoms with Crippen LogP contribution < -0.4 is 0 Å². The molecule has 3 nitrogen and oxygen atoms in total. The normalized spacial score (nSPS) is 33.2. The van der Waals surface area contributed by atoms with Crippen molar-refractivity contribution in [3.63, 3.8) is 0 Å². The predicted octanol–water partition coefficient (Wildman–Crippen LogP) is 2.34. The molecule has 0 amide bonds. The lowest BCUT2D eigenvalue weighted by molar-refractivity contribution is 0.0202. The van der Waals surface area contributed by atoms with Gasteiger partial charge in [0.05, 0.1) is 6.10 Å². The van der Waals surface area contributed by atoms with E-state index < -0.39 is 0 Å². The van der Waals surface area contributed by atoms with Crippen LogP contribution in [0.3, 0.4) is 0 Å². The Hall–Kier alpha value is -0.120. The molecule has 0 aromatic carbocycles. The summed E-state index contributed by atoms with van der Waals surface area (Å²) in [6, 6.07) is 0.658. The maximum absolute atomic E-state index is 10.3. The van der Waals surface area contributed by atoms with Gasteiger partial charge in [-0.2, -0.15) is 0 Å². The van der Waals surface area contributed by atoms with Crippen LogP contribution in [0.15, 0.2) is 0 Å². The fourth-order valence-corrected chi connectivity index (χ4v) is 4.01. The van der Waals surface area contributed by atoms with Gasteiger partial charge in [-0.05, 0) is 45.3 Å². The average Bonchev–Trinajstić information content (AvgIpc) is 2.89. The van der Waals surface area contributed by atoms with E-state index in [0.717, 1.165) is 19.5 Å². The highest BCUT2D eigenvalue weighted by Crippen LogP contribution is 2.34. The molecule has 2 fully saturated rings. The molecule has 0 bridgehead atoms. The number of rotatable bonds is 6. The van der Waals surface area contributed by atoms with Crippen LogP contribution in [0.25, 0.3) is 0 Å². The molecule has 112 valence electrons. The van der Waals surface area contributed by atoms with Crippen molar-refractivity contribution in [2.45, 2.75) is 64.5 Å². The first-order chi connectivity index (χ1) is 9.26. The van der Waals surface area contributed by atoms with Gasteiger partial charge in [-0.25, -0.2) is 0 Å². The Balaban J connectivity index is 1.85. The molecule has 3 atom stereocenters. The summed E-state index contributed by atoms with van der Waals surface area (Å²) in [5, 5.41) is 10.3. The lowest BCUT2D eigenvalue weighted by Gasteiger charge is -2.37. The van der Waals surface area contributed by atoms with Gasteiger partial charge in [0.2, 0.25) is 0 Å². The van der Waals surface area contributed by atoms with Gasteiger partial charge in [-0.3, -0.25) is 4.90 Å². The Morgan fingerprint density at radius 2 is 1.79 bits per heavy atom. The molecule has 3 unspecified atom stereocenters. The van der Waals surface area contributed by atoms with E-state index in [4.69, 9.17) is 0 Å². The average molecular weight is 268 g/mol. The highest BCUT2D eigenvalue weighted by atomic mass is 16.3. The van der Waals surface area contributed by atoms with E-state index in [1.165, 1.54) is 51.7 Å². The zero-order valence-corrected chi connectivity index (χ0v) is 12.9. The van der Waals surface area contributed by atoms with Gasteiger partial charge in [0, 0.05) is 25.0 Å². The number of aliphatic hydroxyl groups excluding tert-OH is 1. The van der Waals surface area contributed by atoms with Gasteiger partial charge in [-0.15, -0.1) is 0 Å². The molecule has 0 spiro atoms. The fraction of sp³-hybridized carbons (Fsp3) is 1.00. The van der Waals surface area contributed by atoms with E-state index in [2.05, 4.69) is 23.6 Å². The summed E-state index contributed by atoms with van der Waals surface area (Å²) in [6.07, 6.45) is 7.42. The van der Waals surface area contributed by atoms with Gasteiger partial charge in [0.15, 0.2) is 0 Å². The van der Waals surface area contributed by atoms with Gasteiger partial charge in [0.25, 0.3) is 0 Å². The standard InChI is InChI=1S/C16H32N2O/c1-3-17(4-2)12-13-18-11-7-9-15(18)14-8-5-6-10-16(14)19/h14-16,19H,3-13H2,1-2H3. The first-order valence-corrected chi connectivity index (χ1v) is 8.40. The third-order valence-electron chi connectivity index (χ3n) is 5.29. The molecule has 0 radical (unpaired) electrons. The zero-order chi connectivity index (χ0) is 13.7. The second-order valence-electron chi connectivity index (χ2n) is 6.29. The fourth-order valence-electron chi connectivity index (χ4n) is 4.01. The van der Waals surface area contributed by atoms with Crippen LogP contribution in [0, 0.1) is 5.92 Å². The number of likely N-dealkylation sites (tertiary alicyclic amines) is 1. The van der Waals surface area contributed by atoms with Crippen LogP contribution in [0.5, 0.6) is 0 Å². The number of nitrogens with zero attached hydrogens (tertiary/aromatic N) is 2. The summed E-state index contributed by atoms with van der Waals surface area (Å²) >= 11 is 0. The van der Waals surface area contributed by atoms with Crippen molar-refractivity contribution in [2.24, 2.45) is 5.92 Å². The van der Waals surface area contributed by atoms with Crippen LogP contribution in [0.2, 0.25) is 0 Å². The van der Waals surface area contributed by atoms with Crippen molar-refractivity contribution >= 4 is 0 Å². The molecular formula is C16H32N2O. The molecule has 2 aliphatic rings. The minimum atomic E-state index is -0.0344. The lowest BCUT2D eigenvalue weighted by Crippen LogP contribution is -2.45. The number of likely N-dealkylation sites (N-methyl/N-ethyl adjacent to an activating group) is 1. The highest BCUT2D eigenvalue weighted by Gasteiger charge is 2.36. The van der Waals surface area contributed by atoms with E-state index in [0.29, 0.717) is 12.0 Å². The molecule has 1 heterocycles. The van der Waals surface area contributed by atoms with Crippen LogP contribution in [0.4, 0.5) is 0 Å². The van der Waals surface area contributed by atoms with E-state index in [9.17, 15) is 5.11 Å². The van der Waals surface area contributed by atoms with E-state index in [1.54, 1.807) is 0 Å². The molecule has 0 aromatic heterocycles. The summed E-state index contributed by atoms with van der Waals surface area (Å²) in [5.41, 5.74) is 0. The molecule has 1 saturated carbocycles. The number of aliphatic hydroxyl groups is 1. The molecular weight excluding hydrogens is 236 g/mol. The van der Waals surface area contributed by atoms with Crippen LogP contribution in [-0.2, 0) is 0 Å². The Kier molecular flexibility index (Phi) is 6.11. The van der Waals surface area contributed by atoms with Gasteiger partial charge in [0.1, 0.15) is 0 Å². The van der Waals surface area contributed by atoms with E-state index >= 15 is 0 Å². The highest BCUT2D eigenvalue weighted by molar-refractivity contribution is 4.90. The maximum atomic E-state index is 10.3. The van der Waals surface area contributed by atoms with Gasteiger partial charge >= 0.3 is 0 Å². The Bertz CT molecular complexity index is 255. The Labute approximate surface area is 119 Å². The lowest BCUT2D eigenvalue weighted by atomic mass is 9.80. The topological polar surface area (TPSA) is 26.7 Å². The quantitative estimate of drug-likeness (QED) is 0.801. The minimum Gasteiger partial charge on any atom is -0.393 e. The second-order valence-corrected chi connectivity index (χ2v) is 6.29. The first-order valence-electron chi connectivity index (χ1n) is 8.40. The summed E-state index contributed by atoms with van der Waals surface area (Å²) in [4.78, 5) is 5.17. The summed E-state index contributed by atoms with van der Waals surface area (Å²) in [7, 11) is 0. The van der Waals surface area contributed by atoms with Crippen molar-refractivity contribution in [2.75, 3.05) is 32.7 Å². The molecule has 19 heavy (non-hydrogen) atoms. The monoisotopic (exact) mass is 268 g/mol. The Morgan fingerprint density at radius 1 is 1.05 bits per heavy atom. The predicted molar refractivity (Wildman–Crippen MR) is 80.3 cm³/mol. The SMILES string of the molecule is CCN(CC)CCN1CCCC1C1CCCCC1O. The molecule has 1 N–H and O–H groups in total. The molecule has 1 saturated heterocycles. The van der Waals surface area contributed by atoms with Crippen molar-refractivity contribution in [1.29, 1.82) is 0 Å². The maximum Gasteiger partial charge on any atom is 0.0583 e. The van der Waals surface area contributed by atoms with Crippen LogP contribution in [-0.4, -0.2) is 59.8 Å². The Morgan fingerprint density at radius 3 is 2.47 bits per heavy atom. The second kappa shape index (κ2) is 7.61. The smallest absolute Gasteiger partial charge is 0.0583 e. The number of hydrogen-bond donors (Lipinski definition) is 1. The summed E-state index contributed by atoms with van der Waals surface area (Å²) in [6.45, 7) is 10.4. The first kappa shape index (κ1) is 15.3. The molecule has 1 aliphatic carbocycles. The van der Waals surface area contributed by atoms with E-state index in [1.807, 2.05) is 0 Å². The molecule has 3 heteroatoms. The van der Waals surface area contributed by atoms with Crippen LogP contribution in [0.1, 0.15) is 52.4 Å². The summed E-state index contributed by atoms with van der Waals surface area (Å²) in [5.74, 6) is 0.549. The van der Waals surface area contributed by atoms with Crippen molar-refractivity contribution in [1.82, 2.24) is 9.80 Å². The van der Waals surface area contributed by atoms with Gasteiger partial charge < -0.3 is 10.0 Å².